The summed E-state index contributed by atoms with van der Waals surface area (Å²) in [4.78, 5) is 0. The number of hydrogen-bond donors (Lipinski definition) is 0. The molecule has 0 aliphatic carbocycles. The summed E-state index contributed by atoms with van der Waals surface area (Å²) in [6.45, 7) is 13.8. The third-order valence-corrected chi connectivity index (χ3v) is 2.25. The zero-order valence-corrected chi connectivity index (χ0v) is 8.50. The molecule has 0 saturated carbocycles. The molecule has 0 unspecified atom stereocenters. The van der Waals surface area contributed by atoms with Gasteiger partial charge < -0.3 is 0 Å². The van der Waals surface area contributed by atoms with Crippen molar-refractivity contribution in [1.82, 2.24) is 0 Å². The second-order valence-electron chi connectivity index (χ2n) is 4.62. The van der Waals surface area contributed by atoms with E-state index in [0.29, 0.717) is 10.3 Å². The molecule has 0 N–H and O–H groups in total. The van der Waals surface area contributed by atoms with Gasteiger partial charge in [0.15, 0.2) is 0 Å². The predicted molar refractivity (Wildman–Crippen MR) is 49.9 cm³/mol. The van der Waals surface area contributed by atoms with E-state index in [1.165, 1.54) is 0 Å². The van der Waals surface area contributed by atoms with Crippen molar-refractivity contribution in [3.05, 3.63) is 0 Å². The van der Waals surface area contributed by atoms with E-state index in [1.807, 2.05) is 0 Å². The van der Waals surface area contributed by atoms with Gasteiger partial charge in [-0.05, 0) is 10.3 Å². The molecule has 9 heavy (non-hydrogen) atoms. The Balaban J connectivity index is 0. The van der Waals surface area contributed by atoms with Crippen LogP contribution < -0.4 is 0 Å². The van der Waals surface area contributed by atoms with E-state index in [4.69, 9.17) is 0 Å². The van der Waals surface area contributed by atoms with Crippen molar-refractivity contribution < 1.29 is 1.43 Å². The molecule has 0 spiro atoms. The molecule has 1 heteroatoms. The second kappa shape index (κ2) is 2.58. The van der Waals surface area contributed by atoms with E-state index in [2.05, 4.69) is 41.5 Å². The van der Waals surface area contributed by atoms with Crippen LogP contribution in [0.5, 0.6) is 0 Å². The fourth-order valence-electron chi connectivity index (χ4n) is 1.12. The van der Waals surface area contributed by atoms with Gasteiger partial charge in [-0.1, -0.05) is 41.5 Å². The van der Waals surface area contributed by atoms with Crippen molar-refractivity contribution in [1.29, 1.82) is 0 Å². The molecule has 0 bridgehead atoms. The summed E-state index contributed by atoms with van der Waals surface area (Å²) >= 11 is 0. The van der Waals surface area contributed by atoms with Gasteiger partial charge in [-0.15, -0.1) is 8.58 Å². The van der Waals surface area contributed by atoms with E-state index in [-0.39, 0.29) is 1.43 Å². The molecule has 58 valence electrons. The summed E-state index contributed by atoms with van der Waals surface area (Å²) in [5.74, 6) is 0. The summed E-state index contributed by atoms with van der Waals surface area (Å²) in [6, 6.07) is 0. The molecule has 0 aliphatic heterocycles. The lowest BCUT2D eigenvalue weighted by Crippen LogP contribution is -2.16. The molecule has 0 atom stereocenters. The maximum absolute atomic E-state index is 2.30. The summed E-state index contributed by atoms with van der Waals surface area (Å²) in [5, 5.41) is 1.02. The molecule has 0 saturated heterocycles. The first-order chi connectivity index (χ1) is 3.71. The maximum atomic E-state index is 2.30. The molecule has 0 amide bonds. The minimum Gasteiger partial charge on any atom is -0.111 e. The molecule has 0 radical (unpaired) electrons. The van der Waals surface area contributed by atoms with Crippen LogP contribution in [0.2, 0.25) is 0 Å². The average molecular weight is 148 g/mol. The van der Waals surface area contributed by atoms with Crippen molar-refractivity contribution in [3.8, 4) is 0 Å². The summed E-state index contributed by atoms with van der Waals surface area (Å²) in [6.07, 6.45) is 0. The van der Waals surface area contributed by atoms with Crippen molar-refractivity contribution in [2.24, 2.45) is 0 Å². The molecule has 0 aliphatic rings. The van der Waals surface area contributed by atoms with Gasteiger partial charge in [-0.3, -0.25) is 0 Å². The second-order valence-corrected chi connectivity index (χ2v) is 7.88. The average Bonchev–Trinajstić information content (AvgIpc) is 1.14. The zero-order valence-electron chi connectivity index (χ0n) is 7.50. The monoisotopic (exact) mass is 148 g/mol. The van der Waals surface area contributed by atoms with Gasteiger partial charge in [0.25, 0.3) is 0 Å². The highest BCUT2D eigenvalue weighted by molar-refractivity contribution is 7.41. The highest BCUT2D eigenvalue weighted by Gasteiger charge is 2.19. The molecular formula is C8H21P. The third-order valence-electron chi connectivity index (χ3n) is 0.750. The third kappa shape index (κ3) is 8.43. The van der Waals surface area contributed by atoms with Crippen LogP contribution in [-0.4, -0.2) is 10.3 Å². The van der Waals surface area contributed by atoms with Crippen LogP contribution in [-0.2, 0) is 0 Å². The van der Waals surface area contributed by atoms with Crippen LogP contribution in [0.4, 0.5) is 0 Å². The first-order valence-corrected chi connectivity index (χ1v) is 4.50. The van der Waals surface area contributed by atoms with Gasteiger partial charge in [0.2, 0.25) is 0 Å². The molecule has 0 aromatic rings. The first-order valence-electron chi connectivity index (χ1n) is 3.50. The Morgan fingerprint density at radius 3 is 1.00 bits per heavy atom. The minimum atomic E-state index is 0. The van der Waals surface area contributed by atoms with Gasteiger partial charge >= 0.3 is 0 Å². The molecule has 0 nitrogen and oxygen atoms in total. The van der Waals surface area contributed by atoms with Crippen LogP contribution in [0, 0.1) is 0 Å². The van der Waals surface area contributed by atoms with E-state index in [1.54, 1.807) is 0 Å². The van der Waals surface area contributed by atoms with Crippen LogP contribution in [0.1, 0.15) is 43.0 Å². The number of rotatable bonds is 0. The standard InChI is InChI=1S/C8H19P.H2/c1-7(2,3)9-8(4,5)6;/h9H,1-6H3;1H. The lowest BCUT2D eigenvalue weighted by molar-refractivity contribution is 0.725. The molecule has 0 aromatic carbocycles. The smallest absolute Gasteiger partial charge is 0 e. The topological polar surface area (TPSA) is 0 Å². The Kier molecular flexibility index (Phi) is 2.70. The molecular weight excluding hydrogens is 127 g/mol. The normalized spacial score (nSPS) is 14.0. The van der Waals surface area contributed by atoms with E-state index >= 15 is 0 Å². The highest BCUT2D eigenvalue weighted by atomic mass is 31.1. The van der Waals surface area contributed by atoms with Gasteiger partial charge in [-0.25, -0.2) is 0 Å². The lowest BCUT2D eigenvalue weighted by atomic mass is 10.2. The quantitative estimate of drug-likeness (QED) is 0.461. The maximum Gasteiger partial charge on any atom is 0 e. The van der Waals surface area contributed by atoms with Crippen LogP contribution in [0.3, 0.4) is 0 Å². The highest BCUT2D eigenvalue weighted by Crippen LogP contribution is 2.41. The van der Waals surface area contributed by atoms with Crippen LogP contribution >= 0.6 is 8.58 Å². The van der Waals surface area contributed by atoms with Crippen LogP contribution in [0.25, 0.3) is 0 Å². The Morgan fingerprint density at radius 1 is 0.778 bits per heavy atom. The Hall–Kier alpha value is 0.430. The molecule has 0 heterocycles. The van der Waals surface area contributed by atoms with Crippen molar-refractivity contribution in [3.63, 3.8) is 0 Å². The fourth-order valence-corrected chi connectivity index (χ4v) is 3.38. The largest absolute Gasteiger partial charge is 0.111 e. The molecule has 0 fully saturated rings. The summed E-state index contributed by atoms with van der Waals surface area (Å²) < 4.78 is 0. The number of hydrogen-bond acceptors (Lipinski definition) is 0. The Bertz CT molecular complexity index is 74.4. The van der Waals surface area contributed by atoms with Gasteiger partial charge in [0, 0.05) is 1.43 Å². The van der Waals surface area contributed by atoms with Gasteiger partial charge in [0.05, 0.1) is 0 Å². The first kappa shape index (κ1) is 9.43. The van der Waals surface area contributed by atoms with E-state index in [9.17, 15) is 0 Å². The Morgan fingerprint density at radius 2 is 1.00 bits per heavy atom. The zero-order chi connectivity index (χ0) is 7.71. The van der Waals surface area contributed by atoms with E-state index < -0.39 is 0 Å². The van der Waals surface area contributed by atoms with Gasteiger partial charge in [0.1, 0.15) is 0 Å². The predicted octanol–water partition coefficient (Wildman–Crippen LogP) is 3.51. The van der Waals surface area contributed by atoms with Gasteiger partial charge in [-0.2, -0.15) is 0 Å². The molecule has 0 aromatic heterocycles. The lowest BCUT2D eigenvalue weighted by Gasteiger charge is -2.28. The van der Waals surface area contributed by atoms with Crippen molar-refractivity contribution >= 4 is 8.58 Å². The van der Waals surface area contributed by atoms with E-state index in [0.717, 1.165) is 8.58 Å². The molecule has 0 rings (SSSR count). The van der Waals surface area contributed by atoms with Crippen LogP contribution in [0.15, 0.2) is 0 Å². The van der Waals surface area contributed by atoms with Crippen molar-refractivity contribution in [2.45, 2.75) is 51.9 Å². The Labute approximate surface area is 62.7 Å². The van der Waals surface area contributed by atoms with Crippen molar-refractivity contribution in [2.75, 3.05) is 0 Å². The fraction of sp³-hybridized carbons (Fsp3) is 1.00. The minimum absolute atomic E-state index is 0. The summed E-state index contributed by atoms with van der Waals surface area (Å²) in [7, 11) is 1.05. The SMILES string of the molecule is CC(C)(C)PC(C)(C)C.[HH]. The summed E-state index contributed by atoms with van der Waals surface area (Å²) in [5.41, 5.74) is 0.